The molecule has 0 amide bonds. The predicted molar refractivity (Wildman–Crippen MR) is 167 cm³/mol. The van der Waals surface area contributed by atoms with Crippen LogP contribution >= 0.6 is 38.9 Å². The summed E-state index contributed by atoms with van der Waals surface area (Å²) in [5.41, 5.74) is 1.81. The van der Waals surface area contributed by atoms with Crippen LogP contribution in [0.5, 0.6) is 17.2 Å². The zero-order chi connectivity index (χ0) is 30.4. The van der Waals surface area contributed by atoms with Crippen molar-refractivity contribution in [3.8, 4) is 29.6 Å². The molecular weight excluding hydrogens is 644 g/mol. The van der Waals surface area contributed by atoms with Crippen molar-refractivity contribution in [2.45, 2.75) is 39.7 Å². The van der Waals surface area contributed by atoms with Gasteiger partial charge in [-0.05, 0) is 62.2 Å². The van der Waals surface area contributed by atoms with Crippen LogP contribution in [0, 0.1) is 12.3 Å². The van der Waals surface area contributed by atoms with Gasteiger partial charge in [-0.25, -0.2) is 9.79 Å². The molecule has 1 aliphatic heterocycles. The van der Waals surface area contributed by atoms with Crippen molar-refractivity contribution in [2.24, 2.45) is 4.99 Å². The van der Waals surface area contributed by atoms with Gasteiger partial charge in [-0.3, -0.25) is 9.36 Å². The van der Waals surface area contributed by atoms with Crippen molar-refractivity contribution in [1.82, 2.24) is 4.57 Å². The Hall–Kier alpha value is -3.52. The van der Waals surface area contributed by atoms with Crippen LogP contribution in [0.15, 0.2) is 55.9 Å². The van der Waals surface area contributed by atoms with Crippen LogP contribution in [-0.2, 0) is 9.53 Å². The topological polar surface area (TPSA) is 88.4 Å². The highest BCUT2D eigenvalue weighted by atomic mass is 79.9. The van der Waals surface area contributed by atoms with Crippen LogP contribution in [0.4, 0.5) is 0 Å². The number of esters is 1. The monoisotopic (exact) mass is 672 g/mol. The fourth-order valence-electron chi connectivity index (χ4n) is 4.67. The Bertz CT molecular complexity index is 1750. The molecule has 0 unspecified atom stereocenters. The Balaban J connectivity index is 2.00. The van der Waals surface area contributed by atoms with E-state index in [-0.39, 0.29) is 18.8 Å². The standard InChI is InChI=1S/C31H30BrClN2O6S/c1-6-10-22-26(30(37)40-9-4)27(20-17-19(32)11-12-23(20)38-5)35-29(36)25(42-31(35)34-22)16-18-14-21(33)28(41-13-7-2)24(15-18)39-8-3/h2,11-12,14-17,27H,6,8-10,13H2,1,3-5H3/b25-16+/t27-/m0/s1. The molecule has 0 bridgehead atoms. The maximum absolute atomic E-state index is 14.1. The first-order valence-electron chi connectivity index (χ1n) is 13.4. The molecule has 8 nitrogen and oxygen atoms in total. The molecule has 0 N–H and O–H groups in total. The second-order valence-electron chi connectivity index (χ2n) is 9.06. The number of terminal acetylenes is 1. The third kappa shape index (κ3) is 6.43. The SMILES string of the molecule is C#CCOc1c(Cl)cc(/C=c2/sc3n(c2=O)[C@@H](c2cc(Br)ccc2OC)C(C(=O)OCC)=C(CCC)N=3)cc1OCC. The Morgan fingerprint density at radius 2 is 1.98 bits per heavy atom. The van der Waals surface area contributed by atoms with Crippen molar-refractivity contribution < 1.29 is 23.7 Å². The summed E-state index contributed by atoms with van der Waals surface area (Å²) in [7, 11) is 1.55. The van der Waals surface area contributed by atoms with Crippen molar-refractivity contribution >= 4 is 50.9 Å². The number of halogens is 2. The number of ether oxygens (including phenoxy) is 4. The normalized spacial score (nSPS) is 14.6. The Morgan fingerprint density at radius 3 is 2.64 bits per heavy atom. The molecule has 0 spiro atoms. The molecule has 0 aliphatic carbocycles. The number of nitrogens with zero attached hydrogens (tertiary/aromatic N) is 2. The summed E-state index contributed by atoms with van der Waals surface area (Å²) in [5.74, 6) is 3.15. The van der Waals surface area contributed by atoms with E-state index in [0.717, 1.165) is 10.9 Å². The second-order valence-corrected chi connectivity index (χ2v) is 11.4. The lowest BCUT2D eigenvalue weighted by Crippen LogP contribution is -2.40. The third-order valence-corrected chi connectivity index (χ3v) is 8.06. The molecule has 2 heterocycles. The van der Waals surface area contributed by atoms with E-state index in [9.17, 15) is 9.59 Å². The highest BCUT2D eigenvalue weighted by Gasteiger charge is 2.36. The van der Waals surface area contributed by atoms with E-state index in [1.165, 1.54) is 15.9 Å². The smallest absolute Gasteiger partial charge is 0.338 e. The van der Waals surface area contributed by atoms with Gasteiger partial charge >= 0.3 is 5.97 Å². The maximum atomic E-state index is 14.1. The molecule has 4 rings (SSSR count). The average molecular weight is 674 g/mol. The molecule has 2 aromatic carbocycles. The van der Waals surface area contributed by atoms with Crippen LogP contribution in [0.1, 0.15) is 50.8 Å². The van der Waals surface area contributed by atoms with Crippen molar-refractivity contribution in [3.05, 3.63) is 81.9 Å². The lowest BCUT2D eigenvalue weighted by molar-refractivity contribution is -0.139. The second kappa shape index (κ2) is 14.1. The molecule has 42 heavy (non-hydrogen) atoms. The van der Waals surface area contributed by atoms with E-state index in [4.69, 9.17) is 42.0 Å². The largest absolute Gasteiger partial charge is 0.496 e. The first-order valence-corrected chi connectivity index (χ1v) is 15.3. The number of hydrogen-bond donors (Lipinski definition) is 0. The number of carbonyl (C=O) groups is 1. The molecular formula is C31H30BrClN2O6S. The first kappa shape index (κ1) is 31.4. The van der Waals surface area contributed by atoms with E-state index < -0.39 is 12.0 Å². The van der Waals surface area contributed by atoms with E-state index >= 15 is 0 Å². The van der Waals surface area contributed by atoms with E-state index in [1.54, 1.807) is 38.3 Å². The van der Waals surface area contributed by atoms with Gasteiger partial charge in [-0.15, -0.1) is 6.42 Å². The van der Waals surface area contributed by atoms with Gasteiger partial charge in [0, 0.05) is 10.0 Å². The minimum Gasteiger partial charge on any atom is -0.496 e. The quantitative estimate of drug-likeness (QED) is 0.200. The molecule has 11 heteroatoms. The Morgan fingerprint density at radius 1 is 1.19 bits per heavy atom. The van der Waals surface area contributed by atoms with Crippen molar-refractivity contribution in [3.63, 3.8) is 0 Å². The number of thiazole rings is 1. The van der Waals surface area contributed by atoms with Crippen LogP contribution in [-0.4, -0.2) is 37.5 Å². The van der Waals surface area contributed by atoms with Crippen LogP contribution < -0.4 is 29.1 Å². The zero-order valence-electron chi connectivity index (χ0n) is 23.7. The highest BCUT2D eigenvalue weighted by molar-refractivity contribution is 9.10. The van der Waals surface area contributed by atoms with Crippen LogP contribution in [0.2, 0.25) is 5.02 Å². The number of carbonyl (C=O) groups excluding carboxylic acids is 1. The lowest BCUT2D eigenvalue weighted by atomic mass is 9.93. The number of fused-ring (bicyclic) bond motifs is 1. The van der Waals surface area contributed by atoms with Gasteiger partial charge in [0.25, 0.3) is 5.56 Å². The molecule has 1 aromatic heterocycles. The Labute approximate surface area is 261 Å². The third-order valence-electron chi connectivity index (χ3n) is 6.31. The molecule has 1 aliphatic rings. The van der Waals surface area contributed by atoms with Gasteiger partial charge in [0.1, 0.15) is 18.4 Å². The van der Waals surface area contributed by atoms with Crippen LogP contribution in [0.3, 0.4) is 0 Å². The van der Waals surface area contributed by atoms with Gasteiger partial charge in [-0.2, -0.15) is 0 Å². The molecule has 0 saturated heterocycles. The molecule has 3 aromatic rings. The number of aromatic nitrogens is 1. The lowest BCUT2D eigenvalue weighted by Gasteiger charge is -2.27. The Kier molecular flexibility index (Phi) is 10.5. The fraction of sp³-hybridized carbons (Fsp3) is 0.323. The predicted octanol–water partition coefficient (Wildman–Crippen LogP) is 5.41. The summed E-state index contributed by atoms with van der Waals surface area (Å²) in [4.78, 5) is 32.8. The number of hydrogen-bond acceptors (Lipinski definition) is 8. The number of allylic oxidation sites excluding steroid dienone is 1. The number of benzene rings is 2. The fourth-order valence-corrected chi connectivity index (χ4v) is 6.35. The van der Waals surface area contributed by atoms with Gasteiger partial charge in [0.05, 0.1) is 41.1 Å². The average Bonchev–Trinajstić information content (AvgIpc) is 3.26. The molecule has 0 radical (unpaired) electrons. The first-order chi connectivity index (χ1) is 20.3. The van der Waals surface area contributed by atoms with Crippen LogP contribution in [0.25, 0.3) is 6.08 Å². The maximum Gasteiger partial charge on any atom is 0.338 e. The summed E-state index contributed by atoms with van der Waals surface area (Å²) in [6, 6.07) is 8.06. The van der Waals surface area contributed by atoms with Gasteiger partial charge < -0.3 is 18.9 Å². The number of rotatable bonds is 11. The van der Waals surface area contributed by atoms with E-state index in [0.29, 0.717) is 67.0 Å². The zero-order valence-corrected chi connectivity index (χ0v) is 26.8. The summed E-state index contributed by atoms with van der Waals surface area (Å²) in [6.45, 7) is 6.17. The summed E-state index contributed by atoms with van der Waals surface area (Å²) in [6.07, 6.45) is 8.33. The molecule has 0 fully saturated rings. The van der Waals surface area contributed by atoms with Gasteiger partial charge in [0.15, 0.2) is 16.3 Å². The molecule has 220 valence electrons. The van der Waals surface area contributed by atoms with Crippen molar-refractivity contribution in [1.29, 1.82) is 0 Å². The minimum atomic E-state index is -0.821. The highest BCUT2D eigenvalue weighted by Crippen LogP contribution is 2.39. The molecule has 0 saturated carbocycles. The van der Waals surface area contributed by atoms with Crippen molar-refractivity contribution in [2.75, 3.05) is 26.9 Å². The molecule has 1 atom stereocenters. The van der Waals surface area contributed by atoms with E-state index in [1.807, 2.05) is 26.0 Å². The minimum absolute atomic E-state index is 0.0275. The number of methoxy groups -OCH3 is 1. The summed E-state index contributed by atoms with van der Waals surface area (Å²) in [5, 5.41) is 0.293. The van der Waals surface area contributed by atoms with Gasteiger partial charge in [-0.1, -0.05) is 58.1 Å². The summed E-state index contributed by atoms with van der Waals surface area (Å²) >= 11 is 11.3. The summed E-state index contributed by atoms with van der Waals surface area (Å²) < 4.78 is 25.2. The van der Waals surface area contributed by atoms with Gasteiger partial charge in [0.2, 0.25) is 0 Å². The van der Waals surface area contributed by atoms with E-state index in [2.05, 4.69) is 21.9 Å².